The monoisotopic (exact) mass is 331 g/mol. The molecule has 0 spiro atoms. The van der Waals surface area contributed by atoms with Gasteiger partial charge in [-0.2, -0.15) is 0 Å². The van der Waals surface area contributed by atoms with Crippen LogP contribution in [-0.4, -0.2) is 17.9 Å². The van der Waals surface area contributed by atoms with Crippen molar-refractivity contribution in [3.63, 3.8) is 0 Å². The van der Waals surface area contributed by atoms with E-state index in [1.54, 1.807) is 24.4 Å². The molecule has 0 unspecified atom stereocenters. The molecular formula is C19H19F2NO2. The molecule has 126 valence electrons. The van der Waals surface area contributed by atoms with E-state index in [2.05, 4.69) is 4.98 Å². The second-order valence-corrected chi connectivity index (χ2v) is 5.72. The molecule has 1 heterocycles. The molecule has 2 aromatic rings. The first-order chi connectivity index (χ1) is 11.7. The Morgan fingerprint density at radius 2 is 1.83 bits per heavy atom. The number of rotatable bonds is 6. The van der Waals surface area contributed by atoms with Crippen LogP contribution in [0.15, 0.2) is 36.5 Å². The summed E-state index contributed by atoms with van der Waals surface area (Å²) in [5, 5.41) is 0. The smallest absolute Gasteiger partial charge is 0.189 e. The van der Waals surface area contributed by atoms with Crippen LogP contribution in [0.5, 0.6) is 5.75 Å². The first-order valence-electron chi connectivity index (χ1n) is 8.05. The van der Waals surface area contributed by atoms with Crippen LogP contribution in [0.1, 0.15) is 36.9 Å². The number of hydrogen-bond acceptors (Lipinski definition) is 3. The summed E-state index contributed by atoms with van der Waals surface area (Å²) < 4.78 is 38.4. The van der Waals surface area contributed by atoms with Gasteiger partial charge in [0.25, 0.3) is 0 Å². The normalized spacial score (nSPS) is 15.2. The molecule has 3 rings (SSSR count). The average molecular weight is 331 g/mol. The van der Waals surface area contributed by atoms with Gasteiger partial charge in [0, 0.05) is 17.8 Å². The second-order valence-electron chi connectivity index (χ2n) is 5.72. The zero-order valence-corrected chi connectivity index (χ0v) is 13.3. The Morgan fingerprint density at radius 3 is 2.58 bits per heavy atom. The Morgan fingerprint density at radius 1 is 1.08 bits per heavy atom. The van der Waals surface area contributed by atoms with E-state index in [-0.39, 0.29) is 18.5 Å². The third kappa shape index (κ3) is 4.38. The van der Waals surface area contributed by atoms with E-state index in [1.807, 2.05) is 0 Å². The third-order valence-electron chi connectivity index (χ3n) is 4.00. The molecule has 0 N–H and O–H groups in total. The molecule has 0 aliphatic heterocycles. The largest absolute Gasteiger partial charge is 0.467 e. The Balaban J connectivity index is 1.61. The molecule has 0 amide bonds. The fraction of sp³-hybridized carbons (Fsp3) is 0.316. The van der Waals surface area contributed by atoms with Crippen LogP contribution in [0.3, 0.4) is 0 Å². The van der Waals surface area contributed by atoms with Gasteiger partial charge in [-0.3, -0.25) is 4.98 Å². The summed E-state index contributed by atoms with van der Waals surface area (Å²) in [6.07, 6.45) is 9.38. The van der Waals surface area contributed by atoms with E-state index < -0.39 is 11.6 Å². The van der Waals surface area contributed by atoms with E-state index in [0.717, 1.165) is 12.8 Å². The van der Waals surface area contributed by atoms with Crippen molar-refractivity contribution in [2.24, 2.45) is 0 Å². The van der Waals surface area contributed by atoms with Gasteiger partial charge in [-0.25, -0.2) is 8.78 Å². The maximum Gasteiger partial charge on any atom is 0.189 e. The highest BCUT2D eigenvalue weighted by Gasteiger charge is 2.15. The fourth-order valence-electron chi connectivity index (χ4n) is 2.70. The van der Waals surface area contributed by atoms with Crippen molar-refractivity contribution in [1.82, 2.24) is 4.98 Å². The summed E-state index contributed by atoms with van der Waals surface area (Å²) >= 11 is 0. The molecule has 1 saturated carbocycles. The van der Waals surface area contributed by atoms with Crippen LogP contribution < -0.4 is 4.74 Å². The molecule has 24 heavy (non-hydrogen) atoms. The van der Waals surface area contributed by atoms with E-state index in [4.69, 9.17) is 9.47 Å². The summed E-state index contributed by atoms with van der Waals surface area (Å²) in [6.45, 7) is 0.194. The zero-order valence-electron chi connectivity index (χ0n) is 13.3. The van der Waals surface area contributed by atoms with Crippen molar-refractivity contribution in [2.45, 2.75) is 31.8 Å². The number of hydrogen-bond donors (Lipinski definition) is 0. The molecule has 1 aliphatic carbocycles. The predicted octanol–water partition coefficient (Wildman–Crippen LogP) is 4.83. The molecule has 5 heteroatoms. The average Bonchev–Trinajstić information content (AvgIpc) is 3.08. The predicted molar refractivity (Wildman–Crippen MR) is 88.4 cm³/mol. The molecule has 1 aromatic carbocycles. The molecule has 3 nitrogen and oxygen atoms in total. The minimum atomic E-state index is -0.608. The van der Waals surface area contributed by atoms with E-state index in [0.29, 0.717) is 11.4 Å². The number of pyridine rings is 1. The molecule has 1 aromatic heterocycles. The quantitative estimate of drug-likeness (QED) is 0.711. The van der Waals surface area contributed by atoms with Crippen molar-refractivity contribution in [2.75, 3.05) is 6.79 Å². The highest BCUT2D eigenvalue weighted by Crippen LogP contribution is 2.21. The molecular weight excluding hydrogens is 312 g/mol. The number of ether oxygens (including phenoxy) is 2. The number of halogens is 2. The lowest BCUT2D eigenvalue weighted by atomic mass is 10.1. The second kappa shape index (κ2) is 8.02. The van der Waals surface area contributed by atoms with Crippen LogP contribution in [0.25, 0.3) is 12.2 Å². The van der Waals surface area contributed by atoms with Crippen LogP contribution in [-0.2, 0) is 4.74 Å². The first-order valence-corrected chi connectivity index (χ1v) is 8.05. The summed E-state index contributed by atoms with van der Waals surface area (Å²) in [7, 11) is 0. The topological polar surface area (TPSA) is 31.4 Å². The van der Waals surface area contributed by atoms with Gasteiger partial charge < -0.3 is 9.47 Å². The van der Waals surface area contributed by atoms with Gasteiger partial charge in [-0.05, 0) is 43.2 Å². The Bertz CT molecular complexity index is 692. The van der Waals surface area contributed by atoms with Crippen LogP contribution in [0, 0.1) is 11.6 Å². The van der Waals surface area contributed by atoms with Gasteiger partial charge >= 0.3 is 0 Å². The number of nitrogens with zero attached hydrogens (tertiary/aromatic N) is 1. The highest BCUT2D eigenvalue weighted by molar-refractivity contribution is 5.68. The van der Waals surface area contributed by atoms with Gasteiger partial charge in [0.2, 0.25) is 0 Å². The van der Waals surface area contributed by atoms with Gasteiger partial charge in [0.15, 0.2) is 6.79 Å². The van der Waals surface area contributed by atoms with E-state index in [9.17, 15) is 8.78 Å². The van der Waals surface area contributed by atoms with Gasteiger partial charge in [0.05, 0.1) is 11.8 Å². The third-order valence-corrected chi connectivity index (χ3v) is 4.00. The van der Waals surface area contributed by atoms with Crippen LogP contribution >= 0.6 is 0 Å². The molecule has 1 aliphatic rings. The lowest BCUT2D eigenvalue weighted by molar-refractivity contribution is -0.0325. The van der Waals surface area contributed by atoms with Gasteiger partial charge in [-0.1, -0.05) is 18.9 Å². The number of benzene rings is 1. The summed E-state index contributed by atoms with van der Waals surface area (Å²) in [6, 6.07) is 7.19. The lowest BCUT2D eigenvalue weighted by Crippen LogP contribution is -2.12. The number of aromatic nitrogens is 1. The van der Waals surface area contributed by atoms with Crippen molar-refractivity contribution in [3.8, 4) is 5.75 Å². The Hall–Kier alpha value is -2.27. The minimum absolute atomic E-state index is 0.0878. The lowest BCUT2D eigenvalue weighted by Gasteiger charge is -2.12. The maximum atomic E-state index is 13.6. The van der Waals surface area contributed by atoms with E-state index in [1.165, 1.54) is 37.1 Å². The SMILES string of the molecule is Fc1cccc(F)c1C=Cc1cc(OCOC2CCCC2)ccn1. The standard InChI is InChI=1S/C19H19F2NO2/c20-18-6-3-7-19(21)17(18)9-8-14-12-16(10-11-22-14)24-13-23-15-4-1-2-5-15/h3,6-12,15H,1-2,4-5,13H2. The van der Waals surface area contributed by atoms with Crippen molar-refractivity contribution in [1.29, 1.82) is 0 Å². The van der Waals surface area contributed by atoms with E-state index >= 15 is 0 Å². The molecule has 0 bridgehead atoms. The minimum Gasteiger partial charge on any atom is -0.467 e. The molecule has 0 atom stereocenters. The maximum absolute atomic E-state index is 13.6. The fourth-order valence-corrected chi connectivity index (χ4v) is 2.70. The van der Waals surface area contributed by atoms with Crippen LogP contribution in [0.2, 0.25) is 0 Å². The zero-order chi connectivity index (χ0) is 16.8. The highest BCUT2D eigenvalue weighted by atomic mass is 19.1. The summed E-state index contributed by atoms with van der Waals surface area (Å²) in [5.74, 6) is -0.608. The van der Waals surface area contributed by atoms with Crippen molar-refractivity contribution < 1.29 is 18.3 Å². The summed E-state index contributed by atoms with van der Waals surface area (Å²) in [5.41, 5.74) is 0.464. The Labute approximate surface area is 139 Å². The van der Waals surface area contributed by atoms with Crippen molar-refractivity contribution in [3.05, 3.63) is 59.4 Å². The van der Waals surface area contributed by atoms with Crippen molar-refractivity contribution >= 4 is 12.2 Å². The first kappa shape index (κ1) is 16.6. The molecule has 0 saturated heterocycles. The molecule has 1 fully saturated rings. The van der Waals surface area contributed by atoms with Gasteiger partial charge in [-0.15, -0.1) is 0 Å². The Kier molecular flexibility index (Phi) is 5.54. The molecule has 0 radical (unpaired) electrons. The van der Waals surface area contributed by atoms with Gasteiger partial charge in [0.1, 0.15) is 17.4 Å². The van der Waals surface area contributed by atoms with Crippen LogP contribution in [0.4, 0.5) is 8.78 Å². The summed E-state index contributed by atoms with van der Waals surface area (Å²) in [4.78, 5) is 4.15.